The summed E-state index contributed by atoms with van der Waals surface area (Å²) < 4.78 is 0. The minimum absolute atomic E-state index is 0.147. The predicted molar refractivity (Wildman–Crippen MR) is 112 cm³/mol. The minimum Gasteiger partial charge on any atom is -0.348 e. The van der Waals surface area contributed by atoms with Crippen molar-refractivity contribution in [3.63, 3.8) is 0 Å². The maximum Gasteiger partial charge on any atom is 0.253 e. The summed E-state index contributed by atoms with van der Waals surface area (Å²) >= 11 is 0. The summed E-state index contributed by atoms with van der Waals surface area (Å²) in [4.78, 5) is 25.1. The molecule has 0 unspecified atom stereocenters. The Morgan fingerprint density at radius 2 is 1.50 bits per heavy atom. The zero-order valence-corrected chi connectivity index (χ0v) is 16.2. The first kappa shape index (κ1) is 19.4. The summed E-state index contributed by atoms with van der Waals surface area (Å²) in [5, 5.41) is 5.77. The monoisotopic (exact) mass is 372 g/mol. The van der Waals surface area contributed by atoms with E-state index < -0.39 is 0 Å². The van der Waals surface area contributed by atoms with Gasteiger partial charge in [-0.2, -0.15) is 0 Å². The second kappa shape index (κ2) is 9.00. The smallest absolute Gasteiger partial charge is 0.253 e. The van der Waals surface area contributed by atoms with E-state index in [4.69, 9.17) is 0 Å². The van der Waals surface area contributed by atoms with Crippen LogP contribution in [0.25, 0.3) is 0 Å². The normalized spacial score (nSPS) is 10.4. The Morgan fingerprint density at radius 1 is 0.786 bits per heavy atom. The molecule has 0 radical (unpaired) electrons. The molecule has 0 aliphatic rings. The van der Waals surface area contributed by atoms with E-state index in [1.807, 2.05) is 62.4 Å². The molecule has 2 amide bonds. The standard InChI is InChI=1S/C24H24N2O2/c1-17-12-13-20(14-18(17)2)15-23(27)26-22-11-7-6-10-21(22)24(28)25-16-19-8-4-3-5-9-19/h3-14H,15-16H2,1-2H3,(H,25,28)(H,26,27). The third-order valence-electron chi connectivity index (χ3n) is 4.68. The first-order valence-corrected chi connectivity index (χ1v) is 9.30. The average molecular weight is 372 g/mol. The van der Waals surface area contributed by atoms with Crippen LogP contribution in [0.4, 0.5) is 5.69 Å². The lowest BCUT2D eigenvalue weighted by atomic mass is 10.0. The second-order valence-corrected chi connectivity index (χ2v) is 6.86. The fraction of sp³-hybridized carbons (Fsp3) is 0.167. The van der Waals surface area contributed by atoms with Crippen LogP contribution in [0.5, 0.6) is 0 Å². The summed E-state index contributed by atoms with van der Waals surface area (Å²) in [5.41, 5.74) is 5.29. The van der Waals surface area contributed by atoms with Gasteiger partial charge in [-0.25, -0.2) is 0 Å². The molecular weight excluding hydrogens is 348 g/mol. The highest BCUT2D eigenvalue weighted by atomic mass is 16.2. The molecule has 3 aromatic rings. The van der Waals surface area contributed by atoms with Crippen molar-refractivity contribution in [3.05, 3.63) is 101 Å². The van der Waals surface area contributed by atoms with Gasteiger partial charge in [-0.3, -0.25) is 9.59 Å². The number of hydrogen-bond acceptors (Lipinski definition) is 2. The van der Waals surface area contributed by atoms with Crippen LogP contribution in [0.1, 0.15) is 32.6 Å². The zero-order chi connectivity index (χ0) is 19.9. The molecule has 4 heteroatoms. The topological polar surface area (TPSA) is 58.2 Å². The van der Waals surface area contributed by atoms with Crippen LogP contribution in [-0.2, 0) is 17.8 Å². The summed E-state index contributed by atoms with van der Waals surface area (Å²) in [6, 6.07) is 22.8. The average Bonchev–Trinajstić information content (AvgIpc) is 2.70. The number of nitrogens with one attached hydrogen (secondary N) is 2. The van der Waals surface area contributed by atoms with Crippen LogP contribution < -0.4 is 10.6 Å². The highest BCUT2D eigenvalue weighted by molar-refractivity contribution is 6.04. The molecule has 0 atom stereocenters. The molecule has 142 valence electrons. The second-order valence-electron chi connectivity index (χ2n) is 6.86. The van der Waals surface area contributed by atoms with Gasteiger partial charge in [0.2, 0.25) is 5.91 Å². The number of carbonyl (C=O) groups is 2. The highest BCUT2D eigenvalue weighted by Gasteiger charge is 2.13. The third kappa shape index (κ3) is 5.07. The van der Waals surface area contributed by atoms with E-state index in [2.05, 4.69) is 10.6 Å². The number of benzene rings is 3. The lowest BCUT2D eigenvalue weighted by Crippen LogP contribution is -2.25. The maximum absolute atomic E-state index is 12.6. The lowest BCUT2D eigenvalue weighted by molar-refractivity contribution is -0.115. The molecule has 2 N–H and O–H groups in total. The van der Waals surface area contributed by atoms with Crippen molar-refractivity contribution in [2.24, 2.45) is 0 Å². The Morgan fingerprint density at radius 3 is 2.25 bits per heavy atom. The fourth-order valence-electron chi connectivity index (χ4n) is 2.96. The van der Waals surface area contributed by atoms with Gasteiger partial charge in [0.25, 0.3) is 5.91 Å². The van der Waals surface area contributed by atoms with Crippen molar-refractivity contribution in [1.29, 1.82) is 0 Å². The predicted octanol–water partition coefficient (Wildman–Crippen LogP) is 4.41. The van der Waals surface area contributed by atoms with Gasteiger partial charge in [0.15, 0.2) is 0 Å². The number of para-hydroxylation sites is 1. The van der Waals surface area contributed by atoms with Gasteiger partial charge in [-0.15, -0.1) is 0 Å². The van der Waals surface area contributed by atoms with E-state index >= 15 is 0 Å². The first-order valence-electron chi connectivity index (χ1n) is 9.30. The Kier molecular flexibility index (Phi) is 6.22. The molecule has 0 saturated carbocycles. The molecule has 3 rings (SSSR count). The zero-order valence-electron chi connectivity index (χ0n) is 16.2. The van der Waals surface area contributed by atoms with Crippen molar-refractivity contribution in [1.82, 2.24) is 5.32 Å². The maximum atomic E-state index is 12.6. The van der Waals surface area contributed by atoms with E-state index in [9.17, 15) is 9.59 Å². The largest absolute Gasteiger partial charge is 0.348 e. The Hall–Kier alpha value is -3.40. The number of carbonyl (C=O) groups excluding carboxylic acids is 2. The fourth-order valence-corrected chi connectivity index (χ4v) is 2.96. The summed E-state index contributed by atoms with van der Waals surface area (Å²) in [6.07, 6.45) is 0.265. The van der Waals surface area contributed by atoms with Gasteiger partial charge < -0.3 is 10.6 Å². The van der Waals surface area contributed by atoms with Crippen molar-refractivity contribution in [2.75, 3.05) is 5.32 Å². The van der Waals surface area contributed by atoms with E-state index in [1.165, 1.54) is 5.56 Å². The molecule has 28 heavy (non-hydrogen) atoms. The van der Waals surface area contributed by atoms with Crippen molar-refractivity contribution in [2.45, 2.75) is 26.8 Å². The lowest BCUT2D eigenvalue weighted by Gasteiger charge is -2.12. The Balaban J connectivity index is 1.66. The van der Waals surface area contributed by atoms with E-state index in [-0.39, 0.29) is 18.2 Å². The molecule has 0 fully saturated rings. The molecule has 0 aromatic heterocycles. The Bertz CT molecular complexity index is 981. The van der Waals surface area contributed by atoms with Crippen LogP contribution in [0.2, 0.25) is 0 Å². The third-order valence-corrected chi connectivity index (χ3v) is 4.68. The van der Waals surface area contributed by atoms with Gasteiger partial charge >= 0.3 is 0 Å². The van der Waals surface area contributed by atoms with Crippen LogP contribution in [-0.4, -0.2) is 11.8 Å². The number of amides is 2. The molecule has 0 saturated heterocycles. The van der Waals surface area contributed by atoms with Gasteiger partial charge in [0, 0.05) is 6.54 Å². The Labute approximate surface area is 165 Å². The SMILES string of the molecule is Cc1ccc(CC(=O)Nc2ccccc2C(=O)NCc2ccccc2)cc1C. The highest BCUT2D eigenvalue weighted by Crippen LogP contribution is 2.17. The van der Waals surface area contributed by atoms with Gasteiger partial charge in [-0.05, 0) is 48.2 Å². The molecule has 0 aliphatic heterocycles. The number of aryl methyl sites for hydroxylation is 2. The van der Waals surface area contributed by atoms with Crippen molar-refractivity contribution >= 4 is 17.5 Å². The van der Waals surface area contributed by atoms with Crippen molar-refractivity contribution < 1.29 is 9.59 Å². The van der Waals surface area contributed by atoms with E-state index in [0.717, 1.165) is 16.7 Å². The number of anilines is 1. The van der Waals surface area contributed by atoms with Gasteiger partial charge in [0.1, 0.15) is 0 Å². The van der Waals surface area contributed by atoms with Crippen molar-refractivity contribution in [3.8, 4) is 0 Å². The summed E-state index contributed by atoms with van der Waals surface area (Å²) in [7, 11) is 0. The first-order chi connectivity index (χ1) is 13.5. The summed E-state index contributed by atoms with van der Waals surface area (Å²) in [6.45, 7) is 4.51. The van der Waals surface area contributed by atoms with Gasteiger partial charge in [-0.1, -0.05) is 60.7 Å². The minimum atomic E-state index is -0.217. The number of rotatable bonds is 6. The van der Waals surface area contributed by atoms with Gasteiger partial charge in [0.05, 0.1) is 17.7 Å². The molecule has 0 spiro atoms. The molecular formula is C24H24N2O2. The molecule has 4 nitrogen and oxygen atoms in total. The van der Waals surface area contributed by atoms with Crippen LogP contribution in [0.15, 0.2) is 72.8 Å². The van der Waals surface area contributed by atoms with Crippen LogP contribution >= 0.6 is 0 Å². The number of hydrogen-bond donors (Lipinski definition) is 2. The van der Waals surface area contributed by atoms with Crippen LogP contribution in [0, 0.1) is 13.8 Å². The quantitative estimate of drug-likeness (QED) is 0.673. The van der Waals surface area contributed by atoms with E-state index in [1.54, 1.807) is 24.3 Å². The van der Waals surface area contributed by atoms with Crippen LogP contribution in [0.3, 0.4) is 0 Å². The molecule has 0 heterocycles. The van der Waals surface area contributed by atoms with E-state index in [0.29, 0.717) is 17.8 Å². The molecule has 0 aliphatic carbocycles. The molecule has 3 aromatic carbocycles. The molecule has 0 bridgehead atoms. The summed E-state index contributed by atoms with van der Waals surface area (Å²) in [5.74, 6) is -0.363.